The standard InChI is InChI=1S/C23H24FN5O3S/c1-32-15-14-28-20(16-9-11-25-12-10-16)26-27-23(28)33-19-4-2-3-13-29(22(19)31)21(30)17-5-7-18(24)8-6-17/h5-12,19H,2-4,13-15H2,1H3/t19-/m1/s1. The minimum absolute atomic E-state index is 0.265. The summed E-state index contributed by atoms with van der Waals surface area (Å²) in [5.41, 5.74) is 1.15. The van der Waals surface area contributed by atoms with Crippen LogP contribution in [-0.2, 0) is 16.1 Å². The summed E-state index contributed by atoms with van der Waals surface area (Å²) in [7, 11) is 1.62. The van der Waals surface area contributed by atoms with E-state index in [0.717, 1.165) is 12.0 Å². The molecule has 0 bridgehead atoms. The molecule has 2 amide bonds. The van der Waals surface area contributed by atoms with Gasteiger partial charge in [0.1, 0.15) is 5.82 Å². The van der Waals surface area contributed by atoms with Crippen molar-refractivity contribution in [2.75, 3.05) is 20.3 Å². The van der Waals surface area contributed by atoms with E-state index in [4.69, 9.17) is 4.74 Å². The van der Waals surface area contributed by atoms with Crippen LogP contribution < -0.4 is 0 Å². The van der Waals surface area contributed by atoms with E-state index in [-0.39, 0.29) is 5.91 Å². The van der Waals surface area contributed by atoms with Crippen LogP contribution >= 0.6 is 11.8 Å². The van der Waals surface area contributed by atoms with Crippen LogP contribution in [0, 0.1) is 5.82 Å². The summed E-state index contributed by atoms with van der Waals surface area (Å²) < 4.78 is 20.4. The van der Waals surface area contributed by atoms with Gasteiger partial charge < -0.3 is 4.74 Å². The van der Waals surface area contributed by atoms with Gasteiger partial charge in [-0.05, 0) is 49.2 Å². The number of rotatable bonds is 7. The Labute approximate surface area is 195 Å². The molecule has 0 N–H and O–H groups in total. The first-order chi connectivity index (χ1) is 16.1. The summed E-state index contributed by atoms with van der Waals surface area (Å²) in [6.45, 7) is 1.31. The number of nitrogens with zero attached hydrogens (tertiary/aromatic N) is 5. The van der Waals surface area contributed by atoms with Gasteiger partial charge in [-0.3, -0.25) is 24.0 Å². The van der Waals surface area contributed by atoms with Crippen molar-refractivity contribution in [3.8, 4) is 11.4 Å². The van der Waals surface area contributed by atoms with Crippen molar-refractivity contribution in [2.24, 2.45) is 0 Å². The summed E-state index contributed by atoms with van der Waals surface area (Å²) in [5.74, 6) is -0.441. The SMILES string of the molecule is COCCn1c(S[C@@H]2CCCCN(C(=O)c3ccc(F)cc3)C2=O)nnc1-c1ccncc1. The quantitative estimate of drug-likeness (QED) is 0.490. The van der Waals surface area contributed by atoms with Crippen molar-refractivity contribution in [3.05, 3.63) is 60.2 Å². The molecule has 1 saturated heterocycles. The molecule has 0 saturated carbocycles. The highest BCUT2D eigenvalue weighted by Crippen LogP contribution is 2.32. The van der Waals surface area contributed by atoms with E-state index in [1.54, 1.807) is 19.5 Å². The van der Waals surface area contributed by atoms with Gasteiger partial charge >= 0.3 is 0 Å². The zero-order chi connectivity index (χ0) is 23.2. The maximum atomic E-state index is 13.4. The number of amides is 2. The number of thioether (sulfide) groups is 1. The number of aromatic nitrogens is 4. The summed E-state index contributed by atoms with van der Waals surface area (Å²) in [4.78, 5) is 31.7. The largest absolute Gasteiger partial charge is 0.383 e. The molecule has 1 aliphatic heterocycles. The predicted molar refractivity (Wildman–Crippen MR) is 121 cm³/mol. The molecule has 1 aliphatic rings. The number of pyridine rings is 1. The third-order valence-electron chi connectivity index (χ3n) is 5.40. The Morgan fingerprint density at radius 2 is 1.91 bits per heavy atom. The molecule has 1 fully saturated rings. The molecule has 33 heavy (non-hydrogen) atoms. The number of benzene rings is 1. The van der Waals surface area contributed by atoms with Gasteiger partial charge in [-0.25, -0.2) is 4.39 Å². The Morgan fingerprint density at radius 3 is 2.64 bits per heavy atom. The summed E-state index contributed by atoms with van der Waals surface area (Å²) >= 11 is 1.31. The zero-order valence-electron chi connectivity index (χ0n) is 18.2. The van der Waals surface area contributed by atoms with Gasteiger partial charge in [0.15, 0.2) is 11.0 Å². The number of halogens is 1. The first kappa shape index (κ1) is 23.1. The highest BCUT2D eigenvalue weighted by molar-refractivity contribution is 8.00. The number of imide groups is 1. The fourth-order valence-corrected chi connectivity index (χ4v) is 4.83. The summed E-state index contributed by atoms with van der Waals surface area (Å²) in [6.07, 6.45) is 5.52. The Balaban J connectivity index is 1.58. The highest BCUT2D eigenvalue weighted by Gasteiger charge is 2.33. The average Bonchev–Trinajstić information content (AvgIpc) is 3.14. The molecular weight excluding hydrogens is 445 g/mol. The molecular formula is C23H24FN5O3S. The van der Waals surface area contributed by atoms with E-state index >= 15 is 0 Å². The van der Waals surface area contributed by atoms with Crippen molar-refractivity contribution < 1.29 is 18.7 Å². The predicted octanol–water partition coefficient (Wildman–Crippen LogP) is 3.44. The Kier molecular flexibility index (Phi) is 7.46. The van der Waals surface area contributed by atoms with Gasteiger partial charge in [0.05, 0.1) is 18.4 Å². The molecule has 0 spiro atoms. The van der Waals surface area contributed by atoms with Crippen LogP contribution in [0.15, 0.2) is 53.9 Å². The number of carbonyl (C=O) groups is 2. The number of hydrogen-bond donors (Lipinski definition) is 0. The summed E-state index contributed by atoms with van der Waals surface area (Å²) in [6, 6.07) is 8.95. The van der Waals surface area contributed by atoms with Crippen LogP contribution in [0.5, 0.6) is 0 Å². The van der Waals surface area contributed by atoms with E-state index in [9.17, 15) is 14.0 Å². The van der Waals surface area contributed by atoms with E-state index in [2.05, 4.69) is 15.2 Å². The number of likely N-dealkylation sites (tertiary alicyclic amines) is 1. The van der Waals surface area contributed by atoms with Gasteiger partial charge in [0, 0.05) is 37.2 Å². The van der Waals surface area contributed by atoms with Crippen molar-refractivity contribution in [1.29, 1.82) is 0 Å². The van der Waals surface area contributed by atoms with Crippen LogP contribution in [0.3, 0.4) is 0 Å². The molecule has 3 aromatic rings. The fourth-order valence-electron chi connectivity index (χ4n) is 3.67. The lowest BCUT2D eigenvalue weighted by atomic mass is 10.2. The number of methoxy groups -OCH3 is 1. The number of carbonyl (C=O) groups excluding carboxylic acids is 2. The second-order valence-electron chi connectivity index (χ2n) is 7.59. The second-order valence-corrected chi connectivity index (χ2v) is 8.76. The lowest BCUT2D eigenvalue weighted by molar-refractivity contribution is -0.127. The van der Waals surface area contributed by atoms with Crippen molar-refractivity contribution >= 4 is 23.6 Å². The molecule has 0 unspecified atom stereocenters. The summed E-state index contributed by atoms with van der Waals surface area (Å²) in [5, 5.41) is 8.80. The third-order valence-corrected chi connectivity index (χ3v) is 6.63. The van der Waals surface area contributed by atoms with E-state index in [1.807, 2.05) is 16.7 Å². The topological polar surface area (TPSA) is 90.2 Å². The molecule has 172 valence electrons. The van der Waals surface area contributed by atoms with E-state index in [1.165, 1.54) is 40.9 Å². The van der Waals surface area contributed by atoms with Crippen molar-refractivity contribution in [1.82, 2.24) is 24.6 Å². The molecule has 1 aromatic carbocycles. The first-order valence-electron chi connectivity index (χ1n) is 10.7. The van der Waals surface area contributed by atoms with Crippen molar-refractivity contribution in [2.45, 2.75) is 36.2 Å². The lowest BCUT2D eigenvalue weighted by Gasteiger charge is -2.22. The number of ether oxygens (including phenoxy) is 1. The van der Waals surface area contributed by atoms with Crippen molar-refractivity contribution in [3.63, 3.8) is 0 Å². The second kappa shape index (κ2) is 10.7. The van der Waals surface area contributed by atoms with Crippen LogP contribution in [0.2, 0.25) is 0 Å². The maximum Gasteiger partial charge on any atom is 0.260 e. The molecule has 10 heteroatoms. The van der Waals surface area contributed by atoms with Gasteiger partial charge in [-0.15, -0.1) is 10.2 Å². The van der Waals surface area contributed by atoms with Gasteiger partial charge in [-0.2, -0.15) is 0 Å². The van der Waals surface area contributed by atoms with Crippen LogP contribution in [0.1, 0.15) is 29.6 Å². The normalized spacial score (nSPS) is 16.6. The zero-order valence-corrected chi connectivity index (χ0v) is 19.0. The molecule has 8 nitrogen and oxygen atoms in total. The monoisotopic (exact) mass is 469 g/mol. The third kappa shape index (κ3) is 5.28. The molecule has 1 atom stereocenters. The number of hydrogen-bond acceptors (Lipinski definition) is 7. The molecule has 4 rings (SSSR count). The van der Waals surface area contributed by atoms with Gasteiger partial charge in [-0.1, -0.05) is 18.2 Å². The van der Waals surface area contributed by atoms with Crippen LogP contribution in [0.25, 0.3) is 11.4 Å². The first-order valence-corrected chi connectivity index (χ1v) is 11.6. The smallest absolute Gasteiger partial charge is 0.260 e. The van der Waals surface area contributed by atoms with E-state index < -0.39 is 17.0 Å². The van der Waals surface area contributed by atoms with Crippen LogP contribution in [-0.4, -0.2) is 62.0 Å². The minimum Gasteiger partial charge on any atom is -0.383 e. The molecule has 0 radical (unpaired) electrons. The maximum absolute atomic E-state index is 13.4. The molecule has 3 heterocycles. The minimum atomic E-state index is -0.479. The average molecular weight is 470 g/mol. The van der Waals surface area contributed by atoms with Gasteiger partial charge in [0.25, 0.3) is 5.91 Å². The molecule has 2 aromatic heterocycles. The van der Waals surface area contributed by atoms with Crippen LogP contribution in [0.4, 0.5) is 4.39 Å². The highest BCUT2D eigenvalue weighted by atomic mass is 32.2. The fraction of sp³-hybridized carbons (Fsp3) is 0.348. The Bertz CT molecular complexity index is 1110. The van der Waals surface area contributed by atoms with E-state index in [0.29, 0.717) is 49.1 Å². The Hall–Kier alpha value is -3.11. The van der Waals surface area contributed by atoms with Gasteiger partial charge in [0.2, 0.25) is 5.91 Å². The Morgan fingerprint density at radius 1 is 1.15 bits per heavy atom. The molecule has 0 aliphatic carbocycles. The lowest BCUT2D eigenvalue weighted by Crippen LogP contribution is -2.41.